The summed E-state index contributed by atoms with van der Waals surface area (Å²) in [4.78, 5) is 10.3. The van der Waals surface area contributed by atoms with Crippen LogP contribution in [0.3, 0.4) is 0 Å². The summed E-state index contributed by atoms with van der Waals surface area (Å²) in [6.45, 7) is 0. The zero-order valence-corrected chi connectivity index (χ0v) is 11.0. The third-order valence-electron chi connectivity index (χ3n) is 2.61. The minimum Gasteiger partial charge on any atom is -0.457 e. The van der Waals surface area contributed by atoms with Gasteiger partial charge in [-0.25, -0.2) is 0 Å². The SMILES string of the molecule is N#Cc1ccc(Oc2ccc([N+](=O)[O-])c(CCl)c2)cc1. The minimum absolute atomic E-state index is 0.0287. The van der Waals surface area contributed by atoms with Crippen LogP contribution in [-0.2, 0) is 5.88 Å². The molecule has 0 aliphatic carbocycles. The monoisotopic (exact) mass is 288 g/mol. The standard InChI is InChI=1S/C14H9ClN2O3/c15-8-11-7-13(5-6-14(11)17(18)19)20-12-3-1-10(9-16)2-4-12/h1-7H,8H2. The fourth-order valence-electron chi connectivity index (χ4n) is 1.64. The molecule has 0 bridgehead atoms. The molecule has 6 heteroatoms. The summed E-state index contributed by atoms with van der Waals surface area (Å²) >= 11 is 5.69. The van der Waals surface area contributed by atoms with E-state index in [2.05, 4.69) is 0 Å². The summed E-state index contributed by atoms with van der Waals surface area (Å²) in [6, 6.07) is 13.0. The van der Waals surface area contributed by atoms with Crippen LogP contribution in [0.25, 0.3) is 0 Å². The van der Waals surface area contributed by atoms with Gasteiger partial charge in [-0.05, 0) is 36.4 Å². The molecule has 5 nitrogen and oxygen atoms in total. The van der Waals surface area contributed by atoms with Crippen LogP contribution in [0.1, 0.15) is 11.1 Å². The van der Waals surface area contributed by atoms with Gasteiger partial charge in [0.2, 0.25) is 0 Å². The number of nitriles is 1. The molecule has 0 saturated heterocycles. The summed E-state index contributed by atoms with van der Waals surface area (Å²) < 4.78 is 5.56. The van der Waals surface area contributed by atoms with Gasteiger partial charge in [0.1, 0.15) is 11.5 Å². The number of nitro benzene ring substituents is 1. The highest BCUT2D eigenvalue weighted by molar-refractivity contribution is 6.17. The van der Waals surface area contributed by atoms with Gasteiger partial charge in [0.15, 0.2) is 0 Å². The third-order valence-corrected chi connectivity index (χ3v) is 2.90. The normalized spacial score (nSPS) is 9.80. The van der Waals surface area contributed by atoms with Gasteiger partial charge in [-0.3, -0.25) is 10.1 Å². The summed E-state index contributed by atoms with van der Waals surface area (Å²) in [5, 5.41) is 19.5. The molecule has 0 radical (unpaired) electrons. The Balaban J connectivity index is 2.25. The third kappa shape index (κ3) is 3.05. The van der Waals surface area contributed by atoms with Crippen LogP contribution in [0.4, 0.5) is 5.69 Å². The molecule has 0 aliphatic rings. The van der Waals surface area contributed by atoms with Crippen molar-refractivity contribution in [3.8, 4) is 17.6 Å². The van der Waals surface area contributed by atoms with Gasteiger partial charge in [-0.1, -0.05) is 0 Å². The average molecular weight is 289 g/mol. The second-order valence-corrected chi connectivity index (χ2v) is 4.19. The lowest BCUT2D eigenvalue weighted by molar-refractivity contribution is -0.385. The Morgan fingerprint density at radius 3 is 2.40 bits per heavy atom. The number of alkyl halides is 1. The Kier molecular flexibility index (Phi) is 4.18. The van der Waals surface area contributed by atoms with Crippen molar-refractivity contribution in [2.75, 3.05) is 0 Å². The van der Waals surface area contributed by atoms with Crippen molar-refractivity contribution in [1.82, 2.24) is 0 Å². The van der Waals surface area contributed by atoms with Crippen molar-refractivity contribution >= 4 is 17.3 Å². The smallest absolute Gasteiger partial charge is 0.274 e. The van der Waals surface area contributed by atoms with Gasteiger partial charge in [0.05, 0.1) is 22.4 Å². The van der Waals surface area contributed by atoms with Crippen molar-refractivity contribution in [3.63, 3.8) is 0 Å². The number of nitro groups is 1. The summed E-state index contributed by atoms with van der Waals surface area (Å²) in [7, 11) is 0. The molecule has 2 rings (SSSR count). The first-order chi connectivity index (χ1) is 9.63. The van der Waals surface area contributed by atoms with Crippen molar-refractivity contribution in [2.45, 2.75) is 5.88 Å². The van der Waals surface area contributed by atoms with Gasteiger partial charge >= 0.3 is 0 Å². The summed E-state index contributed by atoms with van der Waals surface area (Å²) in [5.41, 5.74) is 0.887. The van der Waals surface area contributed by atoms with Crippen LogP contribution in [0.15, 0.2) is 42.5 Å². The first-order valence-corrected chi connectivity index (χ1v) is 6.19. The highest BCUT2D eigenvalue weighted by Gasteiger charge is 2.13. The number of ether oxygens (including phenoxy) is 1. The van der Waals surface area contributed by atoms with Crippen molar-refractivity contribution < 1.29 is 9.66 Å². The fraction of sp³-hybridized carbons (Fsp3) is 0.0714. The van der Waals surface area contributed by atoms with Crippen LogP contribution in [0, 0.1) is 21.4 Å². The zero-order chi connectivity index (χ0) is 14.5. The van der Waals surface area contributed by atoms with Gasteiger partial charge in [-0.2, -0.15) is 5.26 Å². The molecule has 0 aromatic heterocycles. The van der Waals surface area contributed by atoms with Crippen LogP contribution < -0.4 is 4.74 Å². The Labute approximate surface area is 120 Å². The molecule has 0 atom stereocenters. The molecular formula is C14H9ClN2O3. The molecule has 100 valence electrons. The molecule has 0 heterocycles. The molecule has 2 aromatic carbocycles. The first-order valence-electron chi connectivity index (χ1n) is 5.65. The van der Waals surface area contributed by atoms with Crippen molar-refractivity contribution in [2.24, 2.45) is 0 Å². The van der Waals surface area contributed by atoms with E-state index in [9.17, 15) is 10.1 Å². The lowest BCUT2D eigenvalue weighted by Crippen LogP contribution is -1.94. The lowest BCUT2D eigenvalue weighted by Gasteiger charge is -2.07. The average Bonchev–Trinajstić information content (AvgIpc) is 2.47. The van der Waals surface area contributed by atoms with E-state index in [0.29, 0.717) is 22.6 Å². The van der Waals surface area contributed by atoms with E-state index in [4.69, 9.17) is 21.6 Å². The number of benzene rings is 2. The quantitative estimate of drug-likeness (QED) is 0.484. The number of halogens is 1. The van der Waals surface area contributed by atoms with E-state index in [1.54, 1.807) is 24.3 Å². The van der Waals surface area contributed by atoms with E-state index in [1.165, 1.54) is 18.2 Å². The van der Waals surface area contributed by atoms with Crippen LogP contribution in [0.2, 0.25) is 0 Å². The largest absolute Gasteiger partial charge is 0.457 e. The molecule has 2 aromatic rings. The zero-order valence-electron chi connectivity index (χ0n) is 10.2. The topological polar surface area (TPSA) is 76.2 Å². The molecular weight excluding hydrogens is 280 g/mol. The second-order valence-electron chi connectivity index (χ2n) is 3.92. The lowest BCUT2D eigenvalue weighted by atomic mass is 10.2. The molecule has 0 aliphatic heterocycles. The highest BCUT2D eigenvalue weighted by atomic mass is 35.5. The number of nitrogens with zero attached hydrogens (tertiary/aromatic N) is 2. The van der Waals surface area contributed by atoms with Crippen LogP contribution in [-0.4, -0.2) is 4.92 Å². The maximum absolute atomic E-state index is 10.8. The van der Waals surface area contributed by atoms with Gasteiger partial charge in [-0.15, -0.1) is 11.6 Å². The van der Waals surface area contributed by atoms with Crippen LogP contribution >= 0.6 is 11.6 Å². The van der Waals surface area contributed by atoms with Gasteiger partial charge in [0.25, 0.3) is 5.69 Å². The predicted octanol–water partition coefficient (Wildman–Crippen LogP) is 4.00. The number of hydrogen-bond donors (Lipinski definition) is 0. The summed E-state index contributed by atoms with van der Waals surface area (Å²) in [6.07, 6.45) is 0. The minimum atomic E-state index is -0.483. The Morgan fingerprint density at radius 2 is 1.85 bits per heavy atom. The van der Waals surface area contributed by atoms with Crippen LogP contribution in [0.5, 0.6) is 11.5 Å². The predicted molar refractivity (Wildman–Crippen MR) is 73.9 cm³/mol. The molecule has 0 spiro atoms. The molecule has 0 amide bonds. The van der Waals surface area contributed by atoms with E-state index in [-0.39, 0.29) is 11.6 Å². The maximum Gasteiger partial charge on any atom is 0.274 e. The number of rotatable bonds is 4. The second kappa shape index (κ2) is 6.04. The van der Waals surface area contributed by atoms with Gasteiger partial charge < -0.3 is 4.74 Å². The molecule has 0 unspecified atom stereocenters. The van der Waals surface area contributed by atoms with Crippen molar-refractivity contribution in [3.05, 3.63) is 63.7 Å². The number of hydrogen-bond acceptors (Lipinski definition) is 4. The van der Waals surface area contributed by atoms with E-state index in [1.807, 2.05) is 6.07 Å². The Hall–Kier alpha value is -2.58. The summed E-state index contributed by atoms with van der Waals surface area (Å²) in [5.74, 6) is 1.02. The maximum atomic E-state index is 10.8. The molecule has 0 saturated carbocycles. The Bertz CT molecular complexity index is 678. The fourth-order valence-corrected chi connectivity index (χ4v) is 1.86. The first kappa shape index (κ1) is 13.8. The Morgan fingerprint density at radius 1 is 1.20 bits per heavy atom. The molecule has 0 N–H and O–H groups in total. The van der Waals surface area contributed by atoms with E-state index >= 15 is 0 Å². The van der Waals surface area contributed by atoms with Gasteiger partial charge in [0, 0.05) is 11.6 Å². The molecule has 20 heavy (non-hydrogen) atoms. The van der Waals surface area contributed by atoms with Crippen molar-refractivity contribution in [1.29, 1.82) is 5.26 Å². The molecule has 0 fully saturated rings. The van der Waals surface area contributed by atoms with E-state index < -0.39 is 4.92 Å². The highest BCUT2D eigenvalue weighted by Crippen LogP contribution is 2.28. The van der Waals surface area contributed by atoms with E-state index in [0.717, 1.165) is 0 Å².